The molecule has 2 N–H and O–H groups in total. The Morgan fingerprint density at radius 2 is 2.35 bits per heavy atom. The molecule has 2 aliphatic rings. The summed E-state index contributed by atoms with van der Waals surface area (Å²) in [7, 11) is 2.02. The van der Waals surface area contributed by atoms with E-state index in [4.69, 9.17) is 4.74 Å². The molecule has 0 aliphatic carbocycles. The lowest BCUT2D eigenvalue weighted by atomic mass is 9.98. The highest BCUT2D eigenvalue weighted by Crippen LogP contribution is 2.32. The number of anilines is 1. The molecular weight excluding hydrogens is 254 g/mol. The van der Waals surface area contributed by atoms with Crippen LogP contribution in [-0.2, 0) is 4.74 Å². The van der Waals surface area contributed by atoms with E-state index in [0.717, 1.165) is 44.4 Å². The molecule has 3 heterocycles. The van der Waals surface area contributed by atoms with Crippen LogP contribution in [0.15, 0.2) is 0 Å². The van der Waals surface area contributed by atoms with E-state index in [1.165, 1.54) is 12.8 Å². The van der Waals surface area contributed by atoms with Gasteiger partial charge in [0.15, 0.2) is 5.82 Å². The molecule has 3 rings (SSSR count). The van der Waals surface area contributed by atoms with Crippen molar-refractivity contribution in [2.45, 2.75) is 32.3 Å². The van der Waals surface area contributed by atoms with Crippen LogP contribution < -0.4 is 10.2 Å². The predicted molar refractivity (Wildman–Crippen MR) is 77.7 cm³/mol. The smallest absolute Gasteiger partial charge is 0.244 e. The van der Waals surface area contributed by atoms with Crippen LogP contribution in [0.3, 0.4) is 0 Å². The zero-order valence-corrected chi connectivity index (χ0v) is 12.4. The molecule has 1 aromatic heterocycles. The summed E-state index contributed by atoms with van der Waals surface area (Å²) in [5.74, 6) is 2.94. The third-order valence-corrected chi connectivity index (χ3v) is 4.44. The second kappa shape index (κ2) is 6.10. The molecule has 2 aliphatic heterocycles. The van der Waals surface area contributed by atoms with E-state index in [9.17, 15) is 0 Å². The van der Waals surface area contributed by atoms with Crippen molar-refractivity contribution in [3.63, 3.8) is 0 Å². The Kier molecular flexibility index (Phi) is 4.21. The Morgan fingerprint density at radius 3 is 3.10 bits per heavy atom. The fraction of sp³-hybridized carbons (Fsp3) is 0.857. The van der Waals surface area contributed by atoms with E-state index < -0.39 is 0 Å². The third kappa shape index (κ3) is 2.81. The highest BCUT2D eigenvalue weighted by Gasteiger charge is 2.30. The third-order valence-electron chi connectivity index (χ3n) is 4.44. The van der Waals surface area contributed by atoms with Gasteiger partial charge in [-0.2, -0.15) is 4.98 Å². The summed E-state index contributed by atoms with van der Waals surface area (Å²) in [5.41, 5.74) is 0. The standard InChI is InChI=1S/C14H25N5O/c1-10-5-7-20-12(10)13-16-14(18-17-13)19-6-3-4-11(9-19)8-15-2/h10-12,15H,3-9H2,1-2H3,(H,16,17,18). The average Bonchev–Trinajstić information content (AvgIpc) is 3.08. The summed E-state index contributed by atoms with van der Waals surface area (Å²) in [6.07, 6.45) is 3.70. The Labute approximate surface area is 120 Å². The Balaban J connectivity index is 1.66. The topological polar surface area (TPSA) is 66.1 Å². The maximum absolute atomic E-state index is 5.75. The minimum Gasteiger partial charge on any atom is -0.370 e. The van der Waals surface area contributed by atoms with Crippen LogP contribution in [0.1, 0.15) is 38.1 Å². The number of nitrogens with one attached hydrogen (secondary N) is 2. The highest BCUT2D eigenvalue weighted by atomic mass is 16.5. The van der Waals surface area contributed by atoms with Gasteiger partial charge in [0.2, 0.25) is 5.95 Å². The fourth-order valence-electron chi connectivity index (χ4n) is 3.28. The molecular formula is C14H25N5O. The fourth-order valence-corrected chi connectivity index (χ4v) is 3.28. The number of aromatic nitrogens is 3. The van der Waals surface area contributed by atoms with Crippen molar-refractivity contribution in [3.05, 3.63) is 5.82 Å². The molecule has 0 spiro atoms. The van der Waals surface area contributed by atoms with Crippen LogP contribution in [0.25, 0.3) is 0 Å². The molecule has 112 valence electrons. The van der Waals surface area contributed by atoms with Gasteiger partial charge in [0.05, 0.1) is 0 Å². The van der Waals surface area contributed by atoms with Crippen LogP contribution in [0.4, 0.5) is 5.95 Å². The van der Waals surface area contributed by atoms with Gasteiger partial charge in [-0.15, -0.1) is 5.10 Å². The maximum Gasteiger partial charge on any atom is 0.244 e. The normalized spacial score (nSPS) is 30.9. The van der Waals surface area contributed by atoms with Crippen molar-refractivity contribution in [2.24, 2.45) is 11.8 Å². The summed E-state index contributed by atoms with van der Waals surface area (Å²) < 4.78 is 5.75. The van der Waals surface area contributed by atoms with Crippen LogP contribution in [0.5, 0.6) is 0 Å². The van der Waals surface area contributed by atoms with E-state index in [1.807, 2.05) is 7.05 Å². The van der Waals surface area contributed by atoms with E-state index in [2.05, 4.69) is 32.3 Å². The van der Waals surface area contributed by atoms with Gasteiger partial charge in [-0.1, -0.05) is 6.92 Å². The van der Waals surface area contributed by atoms with Gasteiger partial charge >= 0.3 is 0 Å². The molecule has 2 saturated heterocycles. The summed E-state index contributed by atoms with van der Waals surface area (Å²) in [6.45, 7) is 6.20. The first-order chi connectivity index (χ1) is 9.78. The van der Waals surface area contributed by atoms with Gasteiger partial charge in [-0.3, -0.25) is 5.10 Å². The Hall–Kier alpha value is -1.14. The van der Waals surface area contributed by atoms with E-state index in [-0.39, 0.29) is 6.10 Å². The highest BCUT2D eigenvalue weighted by molar-refractivity contribution is 5.30. The molecule has 3 atom stereocenters. The maximum atomic E-state index is 5.75. The van der Waals surface area contributed by atoms with Gasteiger partial charge in [-0.25, -0.2) is 0 Å². The lowest BCUT2D eigenvalue weighted by Crippen LogP contribution is -2.39. The van der Waals surface area contributed by atoms with Crippen LogP contribution in [-0.4, -0.2) is 48.5 Å². The average molecular weight is 279 g/mol. The van der Waals surface area contributed by atoms with Crippen molar-refractivity contribution in [3.8, 4) is 0 Å². The first kappa shape index (κ1) is 13.8. The van der Waals surface area contributed by atoms with E-state index >= 15 is 0 Å². The summed E-state index contributed by atoms with van der Waals surface area (Å²) in [5, 5.41) is 10.8. The van der Waals surface area contributed by atoms with Crippen molar-refractivity contribution < 1.29 is 4.74 Å². The number of aromatic amines is 1. The first-order valence-electron chi connectivity index (χ1n) is 7.71. The van der Waals surface area contributed by atoms with E-state index in [1.54, 1.807) is 0 Å². The van der Waals surface area contributed by atoms with Gasteiger partial charge < -0.3 is 15.0 Å². The minimum atomic E-state index is 0.0918. The van der Waals surface area contributed by atoms with Gasteiger partial charge in [0.1, 0.15) is 6.10 Å². The summed E-state index contributed by atoms with van der Waals surface area (Å²) >= 11 is 0. The molecule has 2 fully saturated rings. The zero-order chi connectivity index (χ0) is 13.9. The molecule has 1 aromatic rings. The monoisotopic (exact) mass is 279 g/mol. The van der Waals surface area contributed by atoms with Crippen LogP contribution in [0, 0.1) is 11.8 Å². The molecule has 3 unspecified atom stereocenters. The number of hydrogen-bond acceptors (Lipinski definition) is 5. The van der Waals surface area contributed by atoms with Crippen molar-refractivity contribution in [1.82, 2.24) is 20.5 Å². The number of H-pyrrole nitrogens is 1. The number of piperidine rings is 1. The second-order valence-electron chi connectivity index (χ2n) is 6.09. The van der Waals surface area contributed by atoms with Gasteiger partial charge in [0, 0.05) is 19.7 Å². The van der Waals surface area contributed by atoms with E-state index in [0.29, 0.717) is 11.8 Å². The zero-order valence-electron chi connectivity index (χ0n) is 12.4. The molecule has 0 radical (unpaired) electrons. The molecule has 0 bridgehead atoms. The molecule has 6 nitrogen and oxygen atoms in total. The Morgan fingerprint density at radius 1 is 1.45 bits per heavy atom. The lowest BCUT2D eigenvalue weighted by molar-refractivity contribution is 0.0876. The van der Waals surface area contributed by atoms with Gasteiger partial charge in [0.25, 0.3) is 0 Å². The van der Waals surface area contributed by atoms with Gasteiger partial charge in [-0.05, 0) is 44.7 Å². The minimum absolute atomic E-state index is 0.0918. The largest absolute Gasteiger partial charge is 0.370 e. The first-order valence-corrected chi connectivity index (χ1v) is 7.71. The SMILES string of the molecule is CNCC1CCCN(c2n[nH]c(C3OCCC3C)n2)C1. The van der Waals surface area contributed by atoms with Crippen molar-refractivity contribution >= 4 is 5.95 Å². The van der Waals surface area contributed by atoms with Crippen LogP contribution in [0.2, 0.25) is 0 Å². The molecule has 0 amide bonds. The van der Waals surface area contributed by atoms with Crippen molar-refractivity contribution in [2.75, 3.05) is 38.2 Å². The summed E-state index contributed by atoms with van der Waals surface area (Å²) in [4.78, 5) is 6.97. The molecule has 0 saturated carbocycles. The number of ether oxygens (including phenoxy) is 1. The van der Waals surface area contributed by atoms with Crippen LogP contribution >= 0.6 is 0 Å². The Bertz CT molecular complexity index is 433. The number of rotatable bonds is 4. The quantitative estimate of drug-likeness (QED) is 0.870. The molecule has 6 heteroatoms. The second-order valence-corrected chi connectivity index (χ2v) is 6.09. The predicted octanol–water partition coefficient (Wildman–Crippen LogP) is 1.34. The summed E-state index contributed by atoms with van der Waals surface area (Å²) in [6, 6.07) is 0. The van der Waals surface area contributed by atoms with Crippen molar-refractivity contribution in [1.29, 1.82) is 0 Å². The number of hydrogen-bond donors (Lipinski definition) is 2. The lowest BCUT2D eigenvalue weighted by Gasteiger charge is -2.31. The number of nitrogens with zero attached hydrogens (tertiary/aromatic N) is 3. The molecule has 0 aromatic carbocycles. The molecule has 20 heavy (non-hydrogen) atoms.